The largest absolute Gasteiger partial charge is 0.469 e. The lowest BCUT2D eigenvalue weighted by Crippen LogP contribution is -2.24. The van der Waals surface area contributed by atoms with Crippen LogP contribution in [0.1, 0.15) is 12.5 Å². The number of carbonyl (C=O) groups excluding carboxylic acids is 1. The summed E-state index contributed by atoms with van der Waals surface area (Å²) in [5.74, 6) is 0.109. The molecule has 4 nitrogen and oxygen atoms in total. The highest BCUT2D eigenvalue weighted by Gasteiger charge is 2.35. The second-order valence-corrected chi connectivity index (χ2v) is 5.36. The molecule has 1 aromatic carbocycles. The zero-order chi connectivity index (χ0) is 14.0. The molecule has 0 aromatic heterocycles. The molecule has 0 spiro atoms. The van der Waals surface area contributed by atoms with Crippen molar-refractivity contribution < 1.29 is 9.53 Å². The van der Waals surface area contributed by atoms with Crippen molar-refractivity contribution in [3.05, 3.63) is 29.8 Å². The van der Waals surface area contributed by atoms with Crippen molar-refractivity contribution in [1.29, 1.82) is 0 Å². The molecule has 1 fully saturated rings. The van der Waals surface area contributed by atoms with Gasteiger partial charge in [-0.1, -0.05) is 19.1 Å². The summed E-state index contributed by atoms with van der Waals surface area (Å²) >= 11 is 4.93. The summed E-state index contributed by atoms with van der Waals surface area (Å²) < 4.78 is 4.84. The van der Waals surface area contributed by atoms with Crippen LogP contribution >= 0.6 is 12.2 Å². The highest BCUT2D eigenvalue weighted by Crippen LogP contribution is 2.29. The first-order chi connectivity index (χ1) is 9.02. The van der Waals surface area contributed by atoms with E-state index in [1.807, 2.05) is 24.3 Å². The minimum Gasteiger partial charge on any atom is -0.469 e. The number of methoxy groups -OCH3 is 1. The van der Waals surface area contributed by atoms with Crippen LogP contribution in [0.3, 0.4) is 0 Å². The SMILES string of the molecule is COC(=O)C1CN(c2ccc(C(N)=S)cc2)CC1C. The van der Waals surface area contributed by atoms with E-state index in [4.69, 9.17) is 22.7 Å². The van der Waals surface area contributed by atoms with E-state index in [1.54, 1.807) is 0 Å². The topological polar surface area (TPSA) is 55.6 Å². The normalized spacial score (nSPS) is 22.3. The summed E-state index contributed by atoms with van der Waals surface area (Å²) in [5, 5.41) is 0. The highest BCUT2D eigenvalue weighted by molar-refractivity contribution is 7.80. The zero-order valence-corrected chi connectivity index (χ0v) is 11.9. The van der Waals surface area contributed by atoms with Gasteiger partial charge in [-0.3, -0.25) is 4.79 Å². The lowest BCUT2D eigenvalue weighted by molar-refractivity contribution is -0.145. The van der Waals surface area contributed by atoms with Crippen LogP contribution in [0.5, 0.6) is 0 Å². The first-order valence-corrected chi connectivity index (χ1v) is 6.66. The number of carbonyl (C=O) groups is 1. The molecule has 0 bridgehead atoms. The van der Waals surface area contributed by atoms with Crippen molar-refractivity contribution in [3.8, 4) is 0 Å². The summed E-state index contributed by atoms with van der Waals surface area (Å²) in [6.45, 7) is 3.62. The maximum atomic E-state index is 11.7. The van der Waals surface area contributed by atoms with Crippen LogP contribution in [-0.4, -0.2) is 31.2 Å². The third-order valence-corrected chi connectivity index (χ3v) is 3.87. The van der Waals surface area contributed by atoms with Gasteiger partial charge in [0.05, 0.1) is 13.0 Å². The van der Waals surface area contributed by atoms with Crippen LogP contribution in [0.25, 0.3) is 0 Å². The molecule has 1 aliphatic heterocycles. The Labute approximate surface area is 118 Å². The Hall–Kier alpha value is -1.62. The molecule has 0 radical (unpaired) electrons. The van der Waals surface area contributed by atoms with Crippen LogP contribution < -0.4 is 10.6 Å². The molecule has 1 aliphatic rings. The van der Waals surface area contributed by atoms with Crippen LogP contribution in [-0.2, 0) is 9.53 Å². The summed E-state index contributed by atoms with van der Waals surface area (Å²) in [4.78, 5) is 14.2. The molecule has 102 valence electrons. The van der Waals surface area contributed by atoms with Crippen molar-refractivity contribution in [1.82, 2.24) is 0 Å². The Kier molecular flexibility index (Phi) is 4.04. The lowest BCUT2D eigenvalue weighted by atomic mass is 9.99. The van der Waals surface area contributed by atoms with Gasteiger partial charge in [0.25, 0.3) is 0 Å². The molecular formula is C14H18N2O2S. The first kappa shape index (κ1) is 13.8. The third kappa shape index (κ3) is 2.87. The van der Waals surface area contributed by atoms with E-state index >= 15 is 0 Å². The molecule has 2 atom stereocenters. The molecule has 5 heteroatoms. The number of thiocarbonyl (C=S) groups is 1. The molecule has 0 amide bonds. The fourth-order valence-corrected chi connectivity index (χ4v) is 2.61. The Morgan fingerprint density at radius 2 is 2.00 bits per heavy atom. The van der Waals surface area contributed by atoms with Crippen LogP contribution in [0.2, 0.25) is 0 Å². The monoisotopic (exact) mass is 278 g/mol. The number of rotatable bonds is 3. The number of anilines is 1. The molecule has 1 heterocycles. The number of hydrogen-bond acceptors (Lipinski definition) is 4. The highest BCUT2D eigenvalue weighted by atomic mass is 32.1. The number of ether oxygens (including phenoxy) is 1. The maximum Gasteiger partial charge on any atom is 0.310 e. The third-order valence-electron chi connectivity index (χ3n) is 3.63. The van der Waals surface area contributed by atoms with Gasteiger partial charge in [0.2, 0.25) is 0 Å². The summed E-state index contributed by atoms with van der Waals surface area (Å²) in [5.41, 5.74) is 7.51. The molecule has 1 aromatic rings. The predicted octanol–water partition coefficient (Wildman–Crippen LogP) is 1.57. The van der Waals surface area contributed by atoms with Gasteiger partial charge in [-0.15, -0.1) is 0 Å². The summed E-state index contributed by atoms with van der Waals surface area (Å²) in [6, 6.07) is 7.79. The average Bonchev–Trinajstić information content (AvgIpc) is 2.80. The van der Waals surface area contributed by atoms with E-state index in [-0.39, 0.29) is 11.9 Å². The van der Waals surface area contributed by atoms with Crippen molar-refractivity contribution in [2.45, 2.75) is 6.92 Å². The molecule has 19 heavy (non-hydrogen) atoms. The van der Waals surface area contributed by atoms with Crippen molar-refractivity contribution >= 4 is 28.9 Å². The van der Waals surface area contributed by atoms with Gasteiger partial charge in [0.1, 0.15) is 4.99 Å². The Bertz CT molecular complexity index is 487. The second kappa shape index (κ2) is 5.57. The summed E-state index contributed by atoms with van der Waals surface area (Å²) in [7, 11) is 1.44. The van der Waals surface area contributed by atoms with Gasteiger partial charge in [-0.05, 0) is 30.2 Å². The minimum absolute atomic E-state index is 0.0553. The van der Waals surface area contributed by atoms with Gasteiger partial charge >= 0.3 is 5.97 Å². The first-order valence-electron chi connectivity index (χ1n) is 6.25. The number of nitrogens with zero attached hydrogens (tertiary/aromatic N) is 1. The zero-order valence-electron chi connectivity index (χ0n) is 11.1. The van der Waals surface area contributed by atoms with E-state index < -0.39 is 0 Å². The van der Waals surface area contributed by atoms with Crippen molar-refractivity contribution in [2.24, 2.45) is 17.6 Å². The average molecular weight is 278 g/mol. The van der Waals surface area contributed by atoms with E-state index in [2.05, 4.69) is 11.8 Å². The quantitative estimate of drug-likeness (QED) is 0.672. The summed E-state index contributed by atoms with van der Waals surface area (Å²) in [6.07, 6.45) is 0. The fraction of sp³-hybridized carbons (Fsp3) is 0.429. The molecule has 2 unspecified atom stereocenters. The molecular weight excluding hydrogens is 260 g/mol. The molecule has 0 aliphatic carbocycles. The smallest absolute Gasteiger partial charge is 0.310 e. The number of hydrogen-bond donors (Lipinski definition) is 1. The van der Waals surface area contributed by atoms with Crippen LogP contribution in [0, 0.1) is 11.8 Å². The molecule has 0 saturated carbocycles. The van der Waals surface area contributed by atoms with Gasteiger partial charge in [0.15, 0.2) is 0 Å². The predicted molar refractivity (Wildman–Crippen MR) is 79.2 cm³/mol. The van der Waals surface area contributed by atoms with E-state index in [1.165, 1.54) is 7.11 Å². The van der Waals surface area contributed by atoms with Crippen molar-refractivity contribution in [3.63, 3.8) is 0 Å². The van der Waals surface area contributed by atoms with Crippen LogP contribution in [0.15, 0.2) is 24.3 Å². The standard InChI is InChI=1S/C14H18N2O2S/c1-9-7-16(8-12(9)14(17)18-2)11-5-3-10(4-6-11)13(15)19/h3-6,9,12H,7-8H2,1-2H3,(H2,15,19). The van der Waals surface area contributed by atoms with E-state index in [0.29, 0.717) is 17.5 Å². The Morgan fingerprint density at radius 3 is 2.53 bits per heavy atom. The van der Waals surface area contributed by atoms with Gasteiger partial charge in [0, 0.05) is 24.3 Å². The number of esters is 1. The molecule has 2 N–H and O–H groups in total. The number of benzene rings is 1. The Balaban J connectivity index is 2.11. The number of nitrogens with two attached hydrogens (primary N) is 1. The molecule has 1 saturated heterocycles. The van der Waals surface area contributed by atoms with E-state index in [0.717, 1.165) is 17.8 Å². The van der Waals surface area contributed by atoms with Crippen molar-refractivity contribution in [2.75, 3.05) is 25.1 Å². The van der Waals surface area contributed by atoms with Gasteiger partial charge in [-0.25, -0.2) is 0 Å². The Morgan fingerprint density at radius 1 is 1.37 bits per heavy atom. The fourth-order valence-electron chi connectivity index (χ4n) is 2.47. The molecule has 2 rings (SSSR count). The lowest BCUT2D eigenvalue weighted by Gasteiger charge is -2.18. The maximum absolute atomic E-state index is 11.7. The minimum atomic E-state index is -0.130. The van der Waals surface area contributed by atoms with Crippen LogP contribution in [0.4, 0.5) is 5.69 Å². The van der Waals surface area contributed by atoms with Gasteiger partial charge in [-0.2, -0.15) is 0 Å². The second-order valence-electron chi connectivity index (χ2n) is 4.92. The van der Waals surface area contributed by atoms with E-state index in [9.17, 15) is 4.79 Å². The van der Waals surface area contributed by atoms with Gasteiger partial charge < -0.3 is 15.4 Å².